The number of nitrogens with one attached hydrogen (secondary N) is 1. The van der Waals surface area contributed by atoms with Crippen LogP contribution in [0.2, 0.25) is 5.02 Å². The van der Waals surface area contributed by atoms with Crippen LogP contribution in [0.5, 0.6) is 0 Å². The Bertz CT molecular complexity index is 1070. The maximum Gasteiger partial charge on any atom is 0.225 e. The van der Waals surface area contributed by atoms with Crippen molar-refractivity contribution in [3.05, 3.63) is 47.7 Å². The van der Waals surface area contributed by atoms with Crippen LogP contribution in [0.15, 0.2) is 42.7 Å². The van der Waals surface area contributed by atoms with Gasteiger partial charge in [-0.2, -0.15) is 5.10 Å². The zero-order valence-electron chi connectivity index (χ0n) is 17.6. The number of hydrogen-bond acceptors (Lipinski definition) is 4. The molecule has 1 saturated heterocycles. The van der Waals surface area contributed by atoms with Gasteiger partial charge in [0.05, 0.1) is 11.6 Å². The second-order valence-electron chi connectivity index (χ2n) is 8.75. The molecule has 0 unspecified atom stereocenters. The first-order chi connectivity index (χ1) is 15.2. The zero-order valence-corrected chi connectivity index (χ0v) is 18.4. The molecule has 7 heteroatoms. The molecule has 1 aliphatic carbocycles. The highest BCUT2D eigenvalue weighted by molar-refractivity contribution is 6.30. The molecule has 1 saturated carbocycles. The van der Waals surface area contributed by atoms with Crippen LogP contribution in [-0.2, 0) is 4.79 Å². The van der Waals surface area contributed by atoms with E-state index in [0.29, 0.717) is 17.6 Å². The second-order valence-corrected chi connectivity index (χ2v) is 9.19. The highest BCUT2D eigenvalue weighted by Crippen LogP contribution is 2.29. The monoisotopic (exact) mass is 437 g/mol. The number of nitrogens with zero attached hydrogens (tertiary/aromatic N) is 4. The number of rotatable bonds is 4. The first-order valence-corrected chi connectivity index (χ1v) is 11.7. The Kier molecular flexibility index (Phi) is 5.81. The summed E-state index contributed by atoms with van der Waals surface area (Å²) in [5.74, 6) is 1.10. The summed E-state index contributed by atoms with van der Waals surface area (Å²) in [6.07, 6.45) is 11.5. The normalized spacial score (nSPS) is 20.2. The van der Waals surface area contributed by atoms with Crippen molar-refractivity contribution in [2.24, 2.45) is 5.92 Å². The van der Waals surface area contributed by atoms with E-state index in [-0.39, 0.29) is 11.8 Å². The summed E-state index contributed by atoms with van der Waals surface area (Å²) in [6, 6.07) is 10.1. The van der Waals surface area contributed by atoms with Crippen LogP contribution in [0.4, 0.5) is 5.82 Å². The molecule has 1 aliphatic heterocycles. The molecule has 1 aromatic carbocycles. The fourth-order valence-electron chi connectivity index (χ4n) is 4.89. The van der Waals surface area contributed by atoms with E-state index in [1.807, 2.05) is 35.0 Å². The van der Waals surface area contributed by atoms with Crippen molar-refractivity contribution < 1.29 is 4.79 Å². The van der Waals surface area contributed by atoms with E-state index in [1.54, 1.807) is 6.20 Å². The van der Waals surface area contributed by atoms with E-state index in [9.17, 15) is 4.79 Å². The quantitative estimate of drug-likeness (QED) is 0.641. The van der Waals surface area contributed by atoms with Gasteiger partial charge >= 0.3 is 0 Å². The van der Waals surface area contributed by atoms with Gasteiger partial charge in [-0.25, -0.2) is 9.50 Å². The third kappa shape index (κ3) is 4.40. The van der Waals surface area contributed by atoms with Crippen molar-refractivity contribution >= 4 is 28.8 Å². The van der Waals surface area contributed by atoms with Gasteiger partial charge in [0.1, 0.15) is 5.52 Å². The number of halogens is 1. The number of hydrogen-bond donors (Lipinski definition) is 1. The lowest BCUT2D eigenvalue weighted by molar-refractivity contribution is -0.126. The van der Waals surface area contributed by atoms with Gasteiger partial charge in [-0.15, -0.1) is 0 Å². The molecule has 3 heterocycles. The van der Waals surface area contributed by atoms with Gasteiger partial charge in [-0.1, -0.05) is 43.0 Å². The minimum absolute atomic E-state index is 0.00746. The maximum atomic E-state index is 12.9. The number of anilines is 1. The minimum Gasteiger partial charge on any atom is -0.354 e. The summed E-state index contributed by atoms with van der Waals surface area (Å²) in [7, 11) is 0. The van der Waals surface area contributed by atoms with Crippen molar-refractivity contribution in [1.29, 1.82) is 0 Å². The Morgan fingerprint density at radius 2 is 1.97 bits per heavy atom. The van der Waals surface area contributed by atoms with Crippen LogP contribution < -0.4 is 10.2 Å². The number of carbonyl (C=O) groups excluding carboxylic acids is 1. The van der Waals surface area contributed by atoms with Gasteiger partial charge in [0, 0.05) is 42.1 Å². The molecule has 0 radical (unpaired) electrons. The molecule has 2 aromatic heterocycles. The van der Waals surface area contributed by atoms with Crippen LogP contribution >= 0.6 is 11.6 Å². The van der Waals surface area contributed by atoms with E-state index in [4.69, 9.17) is 16.7 Å². The number of aromatic nitrogens is 3. The molecule has 31 heavy (non-hydrogen) atoms. The van der Waals surface area contributed by atoms with Gasteiger partial charge in [-0.3, -0.25) is 4.79 Å². The van der Waals surface area contributed by atoms with Gasteiger partial charge < -0.3 is 10.2 Å². The van der Waals surface area contributed by atoms with E-state index in [1.165, 1.54) is 19.3 Å². The highest BCUT2D eigenvalue weighted by atomic mass is 35.5. The molecular weight excluding hydrogens is 410 g/mol. The Morgan fingerprint density at radius 3 is 2.81 bits per heavy atom. The van der Waals surface area contributed by atoms with Gasteiger partial charge in [0.2, 0.25) is 5.91 Å². The highest BCUT2D eigenvalue weighted by Gasteiger charge is 2.29. The number of benzene rings is 1. The molecule has 5 rings (SSSR count). The third-order valence-corrected chi connectivity index (χ3v) is 6.77. The van der Waals surface area contributed by atoms with Crippen LogP contribution in [0.25, 0.3) is 16.8 Å². The molecule has 1 amide bonds. The molecule has 0 spiro atoms. The van der Waals surface area contributed by atoms with Crippen LogP contribution in [-0.4, -0.2) is 39.6 Å². The topological polar surface area (TPSA) is 62.5 Å². The summed E-state index contributed by atoms with van der Waals surface area (Å²) < 4.78 is 1.87. The lowest BCUT2D eigenvalue weighted by Gasteiger charge is -2.34. The molecule has 2 aliphatic rings. The second kappa shape index (κ2) is 8.87. The number of piperidine rings is 1. The predicted octanol–water partition coefficient (Wildman–Crippen LogP) is 4.72. The Labute approximate surface area is 187 Å². The van der Waals surface area contributed by atoms with E-state index >= 15 is 0 Å². The van der Waals surface area contributed by atoms with Crippen LogP contribution in [0.3, 0.4) is 0 Å². The van der Waals surface area contributed by atoms with Crippen LogP contribution in [0.1, 0.15) is 44.9 Å². The van der Waals surface area contributed by atoms with Gasteiger partial charge in [-0.05, 0) is 43.9 Å². The van der Waals surface area contributed by atoms with Crippen molar-refractivity contribution in [3.8, 4) is 11.3 Å². The Balaban J connectivity index is 1.36. The number of amides is 1. The van der Waals surface area contributed by atoms with Crippen LogP contribution in [0, 0.1) is 5.92 Å². The lowest BCUT2D eigenvalue weighted by Crippen LogP contribution is -2.46. The van der Waals surface area contributed by atoms with Crippen molar-refractivity contribution in [1.82, 2.24) is 19.9 Å². The molecule has 2 fully saturated rings. The average Bonchev–Trinajstić information content (AvgIpc) is 3.24. The summed E-state index contributed by atoms with van der Waals surface area (Å²) in [5, 5.41) is 8.73. The summed E-state index contributed by atoms with van der Waals surface area (Å²) in [4.78, 5) is 19.9. The van der Waals surface area contributed by atoms with E-state index < -0.39 is 0 Å². The van der Waals surface area contributed by atoms with Gasteiger partial charge in [0.25, 0.3) is 0 Å². The molecule has 1 N–H and O–H groups in total. The summed E-state index contributed by atoms with van der Waals surface area (Å²) in [6.45, 7) is 1.60. The Morgan fingerprint density at radius 1 is 1.10 bits per heavy atom. The molecule has 0 bridgehead atoms. The minimum atomic E-state index is 0.00746. The first-order valence-electron chi connectivity index (χ1n) is 11.3. The molecule has 1 atom stereocenters. The third-order valence-electron chi connectivity index (χ3n) is 6.53. The SMILES string of the molecule is O=C(NC1CCCCC1)[C@@H]1CCCN(c2nccn3nc(-c4cccc(Cl)c4)cc23)C1. The predicted molar refractivity (Wildman–Crippen MR) is 123 cm³/mol. The average molecular weight is 438 g/mol. The van der Waals surface area contributed by atoms with E-state index in [0.717, 1.165) is 54.8 Å². The molecule has 3 aromatic rings. The smallest absolute Gasteiger partial charge is 0.225 e. The van der Waals surface area contributed by atoms with Crippen molar-refractivity contribution in [2.45, 2.75) is 51.0 Å². The standard InChI is InChI=1S/C24H28ClN5O/c25-19-8-4-6-17(14-19)21-15-22-23(26-11-13-30(22)28-21)29-12-5-7-18(16-29)24(31)27-20-9-2-1-3-10-20/h4,6,8,11,13-15,18,20H,1-3,5,7,9-10,12,16H2,(H,27,31)/t18-/m1/s1. The fraction of sp³-hybridized carbons (Fsp3) is 0.458. The fourth-order valence-corrected chi connectivity index (χ4v) is 5.08. The Hall–Kier alpha value is -2.60. The summed E-state index contributed by atoms with van der Waals surface area (Å²) in [5.41, 5.74) is 2.79. The van der Waals surface area contributed by atoms with Crippen molar-refractivity contribution in [3.63, 3.8) is 0 Å². The number of carbonyl (C=O) groups is 1. The first kappa shape index (κ1) is 20.3. The van der Waals surface area contributed by atoms with E-state index in [2.05, 4.69) is 21.3 Å². The zero-order chi connectivity index (χ0) is 21.2. The number of fused-ring (bicyclic) bond motifs is 1. The molecule has 162 valence electrons. The molecule has 6 nitrogen and oxygen atoms in total. The largest absolute Gasteiger partial charge is 0.354 e. The summed E-state index contributed by atoms with van der Waals surface area (Å²) >= 11 is 6.17. The maximum absolute atomic E-state index is 12.9. The van der Waals surface area contributed by atoms with Gasteiger partial charge in [0.15, 0.2) is 5.82 Å². The lowest BCUT2D eigenvalue weighted by atomic mass is 9.93. The van der Waals surface area contributed by atoms with Crippen molar-refractivity contribution in [2.75, 3.05) is 18.0 Å². The molecular formula is C24H28ClN5O.